The predicted octanol–water partition coefficient (Wildman–Crippen LogP) is 2.21. The van der Waals surface area contributed by atoms with E-state index in [4.69, 9.17) is 0 Å². The predicted molar refractivity (Wildman–Crippen MR) is 55.4 cm³/mol. The van der Waals surface area contributed by atoms with Gasteiger partial charge in [0.2, 0.25) is 0 Å². The van der Waals surface area contributed by atoms with E-state index in [9.17, 15) is 8.78 Å². The average Bonchev–Trinajstić information content (AvgIpc) is 2.60. The molecule has 0 aliphatic rings. The van der Waals surface area contributed by atoms with Crippen molar-refractivity contribution in [1.82, 2.24) is 20.0 Å². The molecule has 86 valence electrons. The summed E-state index contributed by atoms with van der Waals surface area (Å²) < 4.78 is 25.7. The van der Waals surface area contributed by atoms with E-state index in [1.165, 1.54) is 0 Å². The van der Waals surface area contributed by atoms with E-state index in [1.54, 1.807) is 6.07 Å². The summed E-state index contributed by atoms with van der Waals surface area (Å²) in [6, 6.07) is 3.60. The molecule has 2 aromatic heterocycles. The highest BCUT2D eigenvalue weighted by Gasteiger charge is 2.12. The fraction of sp³-hybridized carbons (Fsp3) is 0.500. The minimum atomic E-state index is -2.45. The van der Waals surface area contributed by atoms with Crippen molar-refractivity contribution in [1.29, 1.82) is 0 Å². The lowest BCUT2D eigenvalue weighted by Gasteiger charge is -2.04. The summed E-state index contributed by atoms with van der Waals surface area (Å²) >= 11 is 0. The quantitative estimate of drug-likeness (QED) is 0.805. The maximum absolute atomic E-state index is 12.3. The van der Waals surface area contributed by atoms with Crippen LogP contribution in [-0.4, -0.2) is 26.4 Å². The highest BCUT2D eigenvalue weighted by Crippen LogP contribution is 2.16. The molecule has 4 nitrogen and oxygen atoms in total. The Balaban J connectivity index is 2.47. The average molecular weight is 226 g/mol. The number of halogens is 2. The van der Waals surface area contributed by atoms with Gasteiger partial charge in [-0.15, -0.1) is 5.10 Å². The molecule has 2 heterocycles. The molecular formula is C10H12F2N4. The van der Waals surface area contributed by atoms with Crippen molar-refractivity contribution in [2.75, 3.05) is 0 Å². The number of hydrogen-bond acceptors (Lipinski definition) is 3. The van der Waals surface area contributed by atoms with Gasteiger partial charge in [-0.2, -0.15) is 0 Å². The zero-order valence-electron chi connectivity index (χ0n) is 9.06. The third-order valence-corrected chi connectivity index (χ3v) is 2.28. The molecule has 0 saturated carbocycles. The Morgan fingerprint density at radius 2 is 2.06 bits per heavy atom. The number of alkyl halides is 2. The van der Waals surface area contributed by atoms with E-state index < -0.39 is 13.0 Å². The van der Waals surface area contributed by atoms with Crippen LogP contribution in [0.1, 0.15) is 25.5 Å². The summed E-state index contributed by atoms with van der Waals surface area (Å²) in [7, 11) is 0. The van der Waals surface area contributed by atoms with Crippen molar-refractivity contribution in [3.05, 3.63) is 17.8 Å². The molecule has 0 amide bonds. The Hall–Kier alpha value is -1.59. The second-order valence-electron chi connectivity index (χ2n) is 3.90. The number of nitrogens with zero attached hydrogens (tertiary/aromatic N) is 4. The molecule has 0 bridgehead atoms. The number of fused-ring (bicyclic) bond motifs is 1. The van der Waals surface area contributed by atoms with E-state index in [2.05, 4.69) is 15.3 Å². The Kier molecular flexibility index (Phi) is 2.80. The van der Waals surface area contributed by atoms with Gasteiger partial charge in [0.15, 0.2) is 5.65 Å². The van der Waals surface area contributed by atoms with E-state index in [-0.39, 0.29) is 5.92 Å². The van der Waals surface area contributed by atoms with Crippen LogP contribution in [0, 0.1) is 0 Å². The number of pyridine rings is 1. The standard InChI is InChI=1S/C10H12F2N4/c1-6(2)7-3-4-8-10(13-7)16(15-14-8)5-9(11)12/h3-4,6,9H,5H2,1-2H3. The number of hydrogen-bond donors (Lipinski definition) is 0. The molecule has 0 fully saturated rings. The van der Waals surface area contributed by atoms with Crippen molar-refractivity contribution in [3.63, 3.8) is 0 Å². The smallest absolute Gasteiger partial charge is 0.232 e. The molecule has 6 heteroatoms. The van der Waals surface area contributed by atoms with Gasteiger partial charge >= 0.3 is 0 Å². The summed E-state index contributed by atoms with van der Waals surface area (Å²) in [5.74, 6) is 0.249. The topological polar surface area (TPSA) is 43.6 Å². The van der Waals surface area contributed by atoms with Gasteiger partial charge in [0, 0.05) is 5.69 Å². The summed E-state index contributed by atoms with van der Waals surface area (Å²) in [5, 5.41) is 7.45. The Labute approximate surface area is 91.3 Å². The Morgan fingerprint density at radius 1 is 1.31 bits per heavy atom. The zero-order chi connectivity index (χ0) is 11.7. The lowest BCUT2D eigenvalue weighted by atomic mass is 10.1. The molecule has 0 aliphatic heterocycles. The van der Waals surface area contributed by atoms with Gasteiger partial charge in [-0.3, -0.25) is 0 Å². The summed E-state index contributed by atoms with van der Waals surface area (Å²) in [6.07, 6.45) is -2.45. The van der Waals surface area contributed by atoms with Crippen LogP contribution in [0.2, 0.25) is 0 Å². The molecule has 0 spiro atoms. The molecule has 0 radical (unpaired) electrons. The number of rotatable bonds is 3. The van der Waals surface area contributed by atoms with Gasteiger partial charge in [0.1, 0.15) is 12.1 Å². The first kappa shape index (κ1) is 10.9. The van der Waals surface area contributed by atoms with Crippen molar-refractivity contribution in [3.8, 4) is 0 Å². The highest BCUT2D eigenvalue weighted by atomic mass is 19.3. The third kappa shape index (κ3) is 2.00. The fourth-order valence-corrected chi connectivity index (χ4v) is 1.44. The maximum Gasteiger partial charge on any atom is 0.258 e. The SMILES string of the molecule is CC(C)c1ccc2nnn(CC(F)F)c2n1. The van der Waals surface area contributed by atoms with E-state index in [1.807, 2.05) is 19.9 Å². The van der Waals surface area contributed by atoms with Crippen LogP contribution in [0.3, 0.4) is 0 Å². The largest absolute Gasteiger partial charge is 0.258 e. The monoisotopic (exact) mass is 226 g/mol. The van der Waals surface area contributed by atoms with E-state index >= 15 is 0 Å². The van der Waals surface area contributed by atoms with Crippen LogP contribution >= 0.6 is 0 Å². The van der Waals surface area contributed by atoms with Gasteiger partial charge < -0.3 is 0 Å². The molecule has 0 saturated heterocycles. The lowest BCUT2D eigenvalue weighted by Crippen LogP contribution is -2.09. The molecule has 0 unspecified atom stereocenters. The zero-order valence-corrected chi connectivity index (χ0v) is 9.06. The van der Waals surface area contributed by atoms with Gasteiger partial charge in [-0.25, -0.2) is 18.4 Å². The first-order chi connectivity index (χ1) is 7.58. The normalized spacial score (nSPS) is 11.9. The molecule has 0 aliphatic carbocycles. The van der Waals surface area contributed by atoms with Crippen LogP contribution in [0.5, 0.6) is 0 Å². The van der Waals surface area contributed by atoms with Crippen molar-refractivity contribution < 1.29 is 8.78 Å². The molecular weight excluding hydrogens is 214 g/mol. The van der Waals surface area contributed by atoms with Gasteiger partial charge in [-0.1, -0.05) is 19.1 Å². The van der Waals surface area contributed by atoms with E-state index in [0.717, 1.165) is 10.4 Å². The third-order valence-electron chi connectivity index (χ3n) is 2.28. The summed E-state index contributed by atoms with van der Waals surface area (Å²) in [4.78, 5) is 4.29. The van der Waals surface area contributed by atoms with Crippen LogP contribution in [-0.2, 0) is 6.54 Å². The second-order valence-corrected chi connectivity index (χ2v) is 3.90. The van der Waals surface area contributed by atoms with Gasteiger partial charge in [-0.05, 0) is 18.1 Å². The first-order valence-electron chi connectivity index (χ1n) is 5.06. The molecule has 2 rings (SSSR count). The highest BCUT2D eigenvalue weighted by molar-refractivity contribution is 5.69. The maximum atomic E-state index is 12.3. The molecule has 16 heavy (non-hydrogen) atoms. The van der Waals surface area contributed by atoms with Crippen molar-refractivity contribution >= 4 is 11.2 Å². The molecule has 0 aromatic carbocycles. The van der Waals surface area contributed by atoms with Crippen LogP contribution in [0.4, 0.5) is 8.78 Å². The molecule has 0 atom stereocenters. The van der Waals surface area contributed by atoms with Crippen LogP contribution in [0.25, 0.3) is 11.2 Å². The first-order valence-corrected chi connectivity index (χ1v) is 5.06. The minimum absolute atomic E-state index is 0.249. The fourth-order valence-electron chi connectivity index (χ4n) is 1.44. The Bertz CT molecular complexity index is 493. The van der Waals surface area contributed by atoms with Gasteiger partial charge in [0.25, 0.3) is 6.43 Å². The summed E-state index contributed by atoms with van der Waals surface area (Å²) in [5.41, 5.74) is 1.82. The summed E-state index contributed by atoms with van der Waals surface area (Å²) in [6.45, 7) is 3.52. The molecule has 2 aromatic rings. The van der Waals surface area contributed by atoms with Crippen LogP contribution < -0.4 is 0 Å². The van der Waals surface area contributed by atoms with E-state index in [0.29, 0.717) is 11.2 Å². The number of aromatic nitrogens is 4. The van der Waals surface area contributed by atoms with Crippen LogP contribution in [0.15, 0.2) is 12.1 Å². The molecule has 0 N–H and O–H groups in total. The lowest BCUT2D eigenvalue weighted by molar-refractivity contribution is 0.122. The second kappa shape index (κ2) is 4.11. The van der Waals surface area contributed by atoms with Crippen molar-refractivity contribution in [2.24, 2.45) is 0 Å². The Morgan fingerprint density at radius 3 is 2.69 bits per heavy atom. The van der Waals surface area contributed by atoms with Crippen molar-refractivity contribution in [2.45, 2.75) is 32.7 Å². The van der Waals surface area contributed by atoms with Gasteiger partial charge in [0.05, 0.1) is 0 Å². The minimum Gasteiger partial charge on any atom is -0.232 e.